The van der Waals surface area contributed by atoms with Crippen molar-refractivity contribution in [2.45, 2.75) is 41.6 Å². The molecule has 7 rings (SSSR count). The first kappa shape index (κ1) is 28.9. The molecule has 1 aromatic heterocycles. The minimum atomic E-state index is -3.91. The number of rotatable bonds is 4. The van der Waals surface area contributed by atoms with Crippen LogP contribution in [0.1, 0.15) is 35.6 Å². The van der Waals surface area contributed by atoms with Gasteiger partial charge in [-0.05, 0) is 89.5 Å². The van der Waals surface area contributed by atoms with Crippen molar-refractivity contribution in [1.29, 1.82) is 0 Å². The molecular formula is C34H31N5O4S. The van der Waals surface area contributed by atoms with Gasteiger partial charge in [-0.1, -0.05) is 42.5 Å². The Morgan fingerprint density at radius 3 is 2.45 bits per heavy atom. The van der Waals surface area contributed by atoms with Gasteiger partial charge in [-0.25, -0.2) is 13.4 Å². The molecule has 10 heteroatoms. The third kappa shape index (κ3) is 6.11. The lowest BCUT2D eigenvalue weighted by atomic mass is 10.0. The number of carbonyl (C=O) groups is 2. The standard InChI is InChI=1S/C34H31N5O4S/c35-33-29-15-13-27(19-24(29)17-18-36-33)39-32-23-11-9-22(10-12-23)5-4-8-31(40)38-26-14-16-30(25(20-26)21-37-34(32)41)44(42,43)28-6-2-1-3-7-28/h1-3,6-7,9-20,32,39H,4-5,8,21H2,(H2,35,36)(H,37,41)(H,38,40)/t32-/m1/s1. The molecule has 0 saturated carbocycles. The average molecular weight is 606 g/mol. The summed E-state index contributed by atoms with van der Waals surface area (Å²) in [5, 5.41) is 10.9. The Kier molecular flexibility index (Phi) is 7.99. The maximum Gasteiger partial charge on any atom is 0.247 e. The largest absolute Gasteiger partial charge is 0.383 e. The quantitative estimate of drug-likeness (QED) is 0.215. The van der Waals surface area contributed by atoms with E-state index in [9.17, 15) is 18.0 Å². The number of pyridine rings is 1. The second kappa shape index (κ2) is 12.2. The van der Waals surface area contributed by atoms with Crippen molar-refractivity contribution in [3.63, 3.8) is 0 Å². The summed E-state index contributed by atoms with van der Waals surface area (Å²) in [5.41, 5.74) is 9.34. The summed E-state index contributed by atoms with van der Waals surface area (Å²) < 4.78 is 27.3. The van der Waals surface area contributed by atoms with E-state index in [0.29, 0.717) is 42.0 Å². The van der Waals surface area contributed by atoms with E-state index in [4.69, 9.17) is 5.73 Å². The second-order valence-electron chi connectivity index (χ2n) is 10.7. The van der Waals surface area contributed by atoms with Gasteiger partial charge in [-0.3, -0.25) is 9.59 Å². The first-order valence-electron chi connectivity index (χ1n) is 14.3. The van der Waals surface area contributed by atoms with Crippen LogP contribution in [0, 0.1) is 0 Å². The Hall–Kier alpha value is -5.22. The predicted molar refractivity (Wildman–Crippen MR) is 171 cm³/mol. The Balaban J connectivity index is 1.37. The number of sulfone groups is 1. The molecule has 0 spiro atoms. The van der Waals surface area contributed by atoms with E-state index in [1.807, 2.05) is 48.5 Å². The van der Waals surface area contributed by atoms with Crippen LogP contribution in [0.3, 0.4) is 0 Å². The van der Waals surface area contributed by atoms with Gasteiger partial charge in [0.2, 0.25) is 21.7 Å². The van der Waals surface area contributed by atoms with Crippen LogP contribution in [0.15, 0.2) is 113 Å². The number of nitrogens with one attached hydrogen (secondary N) is 3. The summed E-state index contributed by atoms with van der Waals surface area (Å²) in [4.78, 5) is 30.9. The van der Waals surface area contributed by atoms with Gasteiger partial charge < -0.3 is 21.7 Å². The predicted octanol–water partition coefficient (Wildman–Crippen LogP) is 5.39. The van der Waals surface area contributed by atoms with Gasteiger partial charge in [0.25, 0.3) is 0 Å². The number of nitrogens with two attached hydrogens (primary N) is 1. The van der Waals surface area contributed by atoms with E-state index >= 15 is 0 Å². The minimum absolute atomic E-state index is 0.0534. The summed E-state index contributed by atoms with van der Waals surface area (Å²) in [5.74, 6) is -0.0944. The smallest absolute Gasteiger partial charge is 0.247 e. The third-order valence-electron chi connectivity index (χ3n) is 7.69. The fourth-order valence-electron chi connectivity index (χ4n) is 5.38. The normalized spacial score (nSPS) is 15.9. The van der Waals surface area contributed by atoms with E-state index in [0.717, 1.165) is 21.9 Å². The highest BCUT2D eigenvalue weighted by molar-refractivity contribution is 7.91. The SMILES string of the molecule is Nc1nccc2cc(N[C@H]3C(=O)NCc4cc(ccc4S(=O)(=O)c4ccccc4)NC(=O)CCCc4ccc3cc4)ccc12. The van der Waals surface area contributed by atoms with Gasteiger partial charge >= 0.3 is 0 Å². The molecule has 44 heavy (non-hydrogen) atoms. The third-order valence-corrected chi connectivity index (χ3v) is 9.56. The molecule has 0 unspecified atom stereocenters. The van der Waals surface area contributed by atoms with Crippen LogP contribution in [-0.4, -0.2) is 25.2 Å². The molecule has 9 nitrogen and oxygen atoms in total. The number of hydrogen-bond acceptors (Lipinski definition) is 7. The Morgan fingerprint density at radius 1 is 0.864 bits per heavy atom. The van der Waals surface area contributed by atoms with Gasteiger partial charge in [0.05, 0.1) is 9.79 Å². The number of anilines is 3. The zero-order chi connectivity index (χ0) is 30.7. The van der Waals surface area contributed by atoms with Gasteiger partial charge in [0.1, 0.15) is 11.9 Å². The number of aromatic nitrogens is 1. The lowest BCUT2D eigenvalue weighted by Gasteiger charge is -2.22. The topological polar surface area (TPSA) is 143 Å². The fourth-order valence-corrected chi connectivity index (χ4v) is 6.87. The Labute approximate surface area is 255 Å². The number of nitrogens with zero attached hydrogens (tertiary/aromatic N) is 1. The van der Waals surface area contributed by atoms with Crippen molar-refractivity contribution < 1.29 is 18.0 Å². The van der Waals surface area contributed by atoms with Gasteiger partial charge in [0.15, 0.2) is 0 Å². The molecule has 0 fully saturated rings. The highest BCUT2D eigenvalue weighted by Crippen LogP contribution is 2.29. The molecule has 0 saturated heterocycles. The van der Waals surface area contributed by atoms with Crippen molar-refractivity contribution in [3.05, 3.63) is 120 Å². The van der Waals surface area contributed by atoms with Crippen LogP contribution in [0.2, 0.25) is 0 Å². The summed E-state index contributed by atoms with van der Waals surface area (Å²) in [6.45, 7) is -0.0832. The maximum atomic E-state index is 13.9. The van der Waals surface area contributed by atoms with Gasteiger partial charge in [0, 0.05) is 35.9 Å². The minimum Gasteiger partial charge on any atom is -0.383 e. The van der Waals surface area contributed by atoms with Crippen LogP contribution >= 0.6 is 0 Å². The summed E-state index contributed by atoms with van der Waals surface area (Å²) in [6.07, 6.45) is 3.27. The zero-order valence-electron chi connectivity index (χ0n) is 23.8. The summed E-state index contributed by atoms with van der Waals surface area (Å²) in [6, 6.07) is 27.2. The Morgan fingerprint density at radius 2 is 1.66 bits per heavy atom. The number of aryl methyl sites for hydroxylation is 1. The molecule has 4 aromatic carbocycles. The number of fused-ring (bicyclic) bond motifs is 10. The Bertz CT molecular complexity index is 1960. The zero-order valence-corrected chi connectivity index (χ0v) is 24.6. The molecule has 4 bridgehead atoms. The summed E-state index contributed by atoms with van der Waals surface area (Å²) >= 11 is 0. The lowest BCUT2D eigenvalue weighted by Crippen LogP contribution is -2.33. The monoisotopic (exact) mass is 605 g/mol. The van der Waals surface area contributed by atoms with Gasteiger partial charge in [-0.2, -0.15) is 0 Å². The summed E-state index contributed by atoms with van der Waals surface area (Å²) in [7, 11) is -3.91. The lowest BCUT2D eigenvalue weighted by molar-refractivity contribution is -0.122. The van der Waals surface area contributed by atoms with Crippen molar-refractivity contribution in [2.75, 3.05) is 16.4 Å². The van der Waals surface area contributed by atoms with E-state index in [2.05, 4.69) is 20.9 Å². The van der Waals surface area contributed by atoms with E-state index in [1.54, 1.807) is 36.5 Å². The first-order valence-corrected chi connectivity index (χ1v) is 15.8. The van der Waals surface area contributed by atoms with Crippen LogP contribution in [-0.2, 0) is 32.4 Å². The van der Waals surface area contributed by atoms with Crippen molar-refractivity contribution in [1.82, 2.24) is 10.3 Å². The maximum absolute atomic E-state index is 13.9. The number of carbonyl (C=O) groups excluding carboxylic acids is 2. The number of benzene rings is 4. The molecule has 222 valence electrons. The van der Waals surface area contributed by atoms with E-state index in [-0.39, 0.29) is 28.2 Å². The van der Waals surface area contributed by atoms with E-state index < -0.39 is 15.9 Å². The molecule has 1 atom stereocenters. The van der Waals surface area contributed by atoms with Crippen molar-refractivity contribution in [2.24, 2.45) is 0 Å². The molecule has 0 radical (unpaired) electrons. The molecule has 0 aliphatic carbocycles. The van der Waals surface area contributed by atoms with Crippen LogP contribution < -0.4 is 21.7 Å². The van der Waals surface area contributed by atoms with E-state index in [1.165, 1.54) is 18.2 Å². The van der Waals surface area contributed by atoms with Crippen molar-refractivity contribution >= 4 is 49.6 Å². The number of hydrogen-bond donors (Lipinski definition) is 4. The number of nitrogen functional groups attached to an aromatic ring is 1. The highest BCUT2D eigenvalue weighted by atomic mass is 32.2. The molecule has 5 aromatic rings. The fraction of sp³-hybridized carbons (Fsp3) is 0.147. The van der Waals surface area contributed by atoms with Crippen LogP contribution in [0.5, 0.6) is 0 Å². The first-order chi connectivity index (χ1) is 21.3. The van der Waals surface area contributed by atoms with Crippen molar-refractivity contribution in [3.8, 4) is 0 Å². The molecule has 2 aliphatic heterocycles. The average Bonchev–Trinajstić information content (AvgIpc) is 3.03. The highest BCUT2D eigenvalue weighted by Gasteiger charge is 2.25. The van der Waals surface area contributed by atoms with Gasteiger partial charge in [-0.15, -0.1) is 0 Å². The van der Waals surface area contributed by atoms with Crippen LogP contribution in [0.4, 0.5) is 17.2 Å². The molecule has 2 aliphatic rings. The molecule has 5 N–H and O–H groups in total. The number of amides is 2. The molecule has 2 amide bonds. The molecule has 3 heterocycles. The van der Waals surface area contributed by atoms with Crippen LogP contribution in [0.25, 0.3) is 10.8 Å². The second-order valence-corrected chi connectivity index (χ2v) is 12.6. The molecular weight excluding hydrogens is 574 g/mol.